The van der Waals surface area contributed by atoms with Gasteiger partial charge in [-0.3, -0.25) is 0 Å². The van der Waals surface area contributed by atoms with E-state index in [0.29, 0.717) is 4.83 Å². The van der Waals surface area contributed by atoms with Gasteiger partial charge in [-0.15, -0.1) is 0 Å². The summed E-state index contributed by atoms with van der Waals surface area (Å²) >= 11 is 3.65. The Morgan fingerprint density at radius 2 is 1.94 bits per heavy atom. The smallest absolute Gasteiger partial charge is 0.123 e. The zero-order valence-electron chi connectivity index (χ0n) is 10.7. The van der Waals surface area contributed by atoms with E-state index >= 15 is 0 Å². The molecule has 0 amide bonds. The first-order chi connectivity index (χ1) is 8.22. The highest BCUT2D eigenvalue weighted by atomic mass is 79.9. The van der Waals surface area contributed by atoms with Crippen molar-refractivity contribution >= 4 is 15.9 Å². The van der Waals surface area contributed by atoms with Gasteiger partial charge in [0.05, 0.1) is 7.11 Å². The third-order valence-corrected chi connectivity index (χ3v) is 4.25. The summed E-state index contributed by atoms with van der Waals surface area (Å²) in [6.07, 6.45) is 6.88. The summed E-state index contributed by atoms with van der Waals surface area (Å²) in [4.78, 5) is 0.348. The molecule has 0 aliphatic heterocycles. The Balaban J connectivity index is 2.26. The lowest BCUT2D eigenvalue weighted by atomic mass is 9.83. The lowest BCUT2D eigenvalue weighted by Crippen LogP contribution is -2.05. The third kappa shape index (κ3) is 3.04. The van der Waals surface area contributed by atoms with Crippen LogP contribution in [0.2, 0.25) is 0 Å². The molecular formula is C15H21BrO. The monoisotopic (exact) mass is 296 g/mol. The average molecular weight is 297 g/mol. The van der Waals surface area contributed by atoms with Crippen LogP contribution < -0.4 is 4.74 Å². The topological polar surface area (TPSA) is 9.23 Å². The van der Waals surface area contributed by atoms with E-state index in [4.69, 9.17) is 4.74 Å². The van der Waals surface area contributed by atoms with E-state index in [0.717, 1.165) is 11.7 Å². The van der Waals surface area contributed by atoms with Crippen LogP contribution in [0.1, 0.15) is 60.9 Å². The molecule has 0 spiro atoms. The summed E-state index contributed by atoms with van der Waals surface area (Å²) in [6, 6.07) is 6.69. The number of hydrogen-bond acceptors (Lipinski definition) is 1. The third-order valence-electron chi connectivity index (χ3n) is 3.76. The van der Waals surface area contributed by atoms with Crippen LogP contribution in [-0.4, -0.2) is 7.11 Å². The zero-order chi connectivity index (χ0) is 12.3. The van der Waals surface area contributed by atoms with Crippen molar-refractivity contribution in [3.8, 4) is 5.75 Å². The quantitative estimate of drug-likeness (QED) is 0.697. The van der Waals surface area contributed by atoms with Gasteiger partial charge in [-0.05, 0) is 37.3 Å². The maximum atomic E-state index is 5.42. The lowest BCUT2D eigenvalue weighted by molar-refractivity contribution is 0.408. The van der Waals surface area contributed by atoms with Crippen molar-refractivity contribution in [2.75, 3.05) is 7.11 Å². The molecule has 0 bridgehead atoms. The average Bonchev–Trinajstić information content (AvgIpc) is 2.39. The Labute approximate surface area is 113 Å². The molecule has 17 heavy (non-hydrogen) atoms. The van der Waals surface area contributed by atoms with Crippen LogP contribution in [0.4, 0.5) is 0 Å². The van der Waals surface area contributed by atoms with Crippen LogP contribution in [0.25, 0.3) is 0 Å². The lowest BCUT2D eigenvalue weighted by Gasteiger charge is -2.23. The Bertz CT molecular complexity index is 367. The Kier molecular flexibility index (Phi) is 4.49. The van der Waals surface area contributed by atoms with E-state index in [-0.39, 0.29) is 0 Å². The number of alkyl halides is 1. The zero-order valence-corrected chi connectivity index (χ0v) is 12.3. The molecule has 0 heterocycles. The molecule has 1 aliphatic carbocycles. The summed E-state index contributed by atoms with van der Waals surface area (Å²) in [7, 11) is 1.74. The van der Waals surface area contributed by atoms with Crippen LogP contribution in [0.5, 0.6) is 5.75 Å². The van der Waals surface area contributed by atoms with E-state index in [9.17, 15) is 0 Å². The van der Waals surface area contributed by atoms with Gasteiger partial charge < -0.3 is 4.74 Å². The summed E-state index contributed by atoms with van der Waals surface area (Å²) in [5.74, 6) is 1.76. The first-order valence-corrected chi connectivity index (χ1v) is 7.46. The predicted octanol–water partition coefficient (Wildman–Crippen LogP) is 5.20. The standard InChI is InChI=1S/C15H21BrO/c1-11(16)14-10-13(8-9-15(14)17-2)12-6-4-3-5-7-12/h8-12H,3-7H2,1-2H3. The molecule has 1 atom stereocenters. The number of ether oxygens (including phenoxy) is 1. The van der Waals surface area contributed by atoms with E-state index in [1.807, 2.05) is 0 Å². The van der Waals surface area contributed by atoms with Gasteiger partial charge in [-0.1, -0.05) is 47.3 Å². The van der Waals surface area contributed by atoms with Gasteiger partial charge in [0.2, 0.25) is 0 Å². The highest BCUT2D eigenvalue weighted by Crippen LogP contribution is 2.37. The van der Waals surface area contributed by atoms with Crippen LogP contribution in [0.15, 0.2) is 18.2 Å². The molecule has 2 rings (SSSR count). The molecule has 1 fully saturated rings. The minimum Gasteiger partial charge on any atom is -0.496 e. The second-order valence-corrected chi connectivity index (χ2v) is 6.33. The Morgan fingerprint density at radius 1 is 1.24 bits per heavy atom. The van der Waals surface area contributed by atoms with Crippen molar-refractivity contribution in [3.05, 3.63) is 29.3 Å². The number of hydrogen-bond donors (Lipinski definition) is 0. The van der Waals surface area contributed by atoms with Gasteiger partial charge in [0.1, 0.15) is 5.75 Å². The molecule has 0 N–H and O–H groups in total. The number of rotatable bonds is 3. The molecular weight excluding hydrogens is 276 g/mol. The summed E-state index contributed by atoms with van der Waals surface area (Å²) in [5, 5.41) is 0. The van der Waals surface area contributed by atoms with Crippen molar-refractivity contribution < 1.29 is 4.74 Å². The molecule has 1 nitrogen and oxygen atoms in total. The van der Waals surface area contributed by atoms with Crippen molar-refractivity contribution in [1.82, 2.24) is 0 Å². The second kappa shape index (κ2) is 5.90. The largest absolute Gasteiger partial charge is 0.496 e. The highest BCUT2D eigenvalue weighted by Gasteiger charge is 2.18. The number of methoxy groups -OCH3 is 1. The minimum atomic E-state index is 0.348. The Morgan fingerprint density at radius 3 is 2.53 bits per heavy atom. The maximum Gasteiger partial charge on any atom is 0.123 e. The predicted molar refractivity (Wildman–Crippen MR) is 76.2 cm³/mol. The SMILES string of the molecule is COc1ccc(C2CCCCC2)cc1C(C)Br. The molecule has 1 saturated carbocycles. The minimum absolute atomic E-state index is 0.348. The van der Waals surface area contributed by atoms with Gasteiger partial charge >= 0.3 is 0 Å². The van der Waals surface area contributed by atoms with E-state index in [2.05, 4.69) is 41.1 Å². The number of halogens is 1. The van der Waals surface area contributed by atoms with Gasteiger partial charge in [0.15, 0.2) is 0 Å². The van der Waals surface area contributed by atoms with Crippen molar-refractivity contribution in [2.45, 2.75) is 49.8 Å². The summed E-state index contributed by atoms with van der Waals surface area (Å²) in [6.45, 7) is 2.16. The molecule has 0 aromatic heterocycles. The molecule has 1 aliphatic rings. The molecule has 0 radical (unpaired) electrons. The summed E-state index contributed by atoms with van der Waals surface area (Å²) < 4.78 is 5.42. The number of benzene rings is 1. The van der Waals surface area contributed by atoms with Crippen molar-refractivity contribution in [2.24, 2.45) is 0 Å². The van der Waals surface area contributed by atoms with Gasteiger partial charge in [-0.2, -0.15) is 0 Å². The van der Waals surface area contributed by atoms with Crippen LogP contribution in [-0.2, 0) is 0 Å². The van der Waals surface area contributed by atoms with Crippen LogP contribution in [0, 0.1) is 0 Å². The van der Waals surface area contributed by atoms with E-state index in [1.54, 1.807) is 7.11 Å². The first kappa shape index (κ1) is 12.9. The summed E-state index contributed by atoms with van der Waals surface area (Å²) in [5.41, 5.74) is 2.77. The van der Waals surface area contributed by atoms with E-state index in [1.165, 1.54) is 43.2 Å². The van der Waals surface area contributed by atoms with Gasteiger partial charge in [0.25, 0.3) is 0 Å². The van der Waals surface area contributed by atoms with Crippen LogP contribution in [0.3, 0.4) is 0 Å². The van der Waals surface area contributed by atoms with Gasteiger partial charge in [0, 0.05) is 10.4 Å². The fraction of sp³-hybridized carbons (Fsp3) is 0.600. The molecule has 1 aromatic carbocycles. The van der Waals surface area contributed by atoms with E-state index < -0.39 is 0 Å². The highest BCUT2D eigenvalue weighted by molar-refractivity contribution is 9.09. The fourth-order valence-corrected chi connectivity index (χ4v) is 3.11. The van der Waals surface area contributed by atoms with Crippen molar-refractivity contribution in [3.63, 3.8) is 0 Å². The van der Waals surface area contributed by atoms with Gasteiger partial charge in [-0.25, -0.2) is 0 Å². The fourth-order valence-electron chi connectivity index (χ4n) is 2.75. The van der Waals surface area contributed by atoms with Crippen LogP contribution >= 0.6 is 15.9 Å². The second-order valence-electron chi connectivity index (χ2n) is 4.95. The molecule has 94 valence electrons. The normalized spacial score (nSPS) is 19.0. The van der Waals surface area contributed by atoms with Crippen molar-refractivity contribution in [1.29, 1.82) is 0 Å². The molecule has 0 saturated heterocycles. The molecule has 2 heteroatoms. The molecule has 1 aromatic rings. The Hall–Kier alpha value is -0.500. The first-order valence-electron chi connectivity index (χ1n) is 6.54. The maximum absolute atomic E-state index is 5.42. The molecule has 1 unspecified atom stereocenters.